The van der Waals surface area contributed by atoms with E-state index in [0.29, 0.717) is 5.69 Å². The number of amides is 2. The average Bonchev–Trinajstić information content (AvgIpc) is 2.87. The molecule has 3 aromatic carbocycles. The molecule has 0 aromatic heterocycles. The molecule has 0 aliphatic carbocycles. The minimum Gasteiger partial charge on any atom is -0.352 e. The van der Waals surface area contributed by atoms with Gasteiger partial charge in [-0.25, -0.2) is 8.42 Å². The number of nitrogens with one attached hydrogen (secondary N) is 1. The van der Waals surface area contributed by atoms with Crippen LogP contribution in [0.15, 0.2) is 88.2 Å². The molecular weight excluding hydrogens is 554 g/mol. The second kappa shape index (κ2) is 12.4. The SMILES string of the molecule is Cc1ccc(CN(C(=O)CN(c2ccc(Br)cc2)S(=O)(=O)c2ccccc2)[C@@H](C)C(=O)NC(C)C)cc1. The molecule has 0 aliphatic heterocycles. The molecule has 2 amide bonds. The van der Waals surface area contributed by atoms with Crippen LogP contribution in [-0.4, -0.2) is 43.8 Å². The predicted octanol–water partition coefficient (Wildman–Crippen LogP) is 4.89. The van der Waals surface area contributed by atoms with E-state index in [-0.39, 0.29) is 23.4 Å². The van der Waals surface area contributed by atoms with E-state index >= 15 is 0 Å². The number of benzene rings is 3. The number of carbonyl (C=O) groups is 2. The first kappa shape index (κ1) is 28.4. The fourth-order valence-corrected chi connectivity index (χ4v) is 5.43. The largest absolute Gasteiger partial charge is 0.352 e. The third-order valence-electron chi connectivity index (χ3n) is 5.80. The van der Waals surface area contributed by atoms with Crippen LogP contribution in [0.5, 0.6) is 0 Å². The van der Waals surface area contributed by atoms with Gasteiger partial charge in [0.05, 0.1) is 10.6 Å². The fourth-order valence-electron chi connectivity index (χ4n) is 3.73. The number of aryl methyl sites for hydroxylation is 1. The average molecular weight is 587 g/mol. The lowest BCUT2D eigenvalue weighted by Gasteiger charge is -2.32. The van der Waals surface area contributed by atoms with E-state index in [1.807, 2.05) is 45.0 Å². The van der Waals surface area contributed by atoms with E-state index in [1.165, 1.54) is 17.0 Å². The van der Waals surface area contributed by atoms with Gasteiger partial charge in [0.15, 0.2) is 0 Å². The van der Waals surface area contributed by atoms with E-state index < -0.39 is 28.5 Å². The van der Waals surface area contributed by atoms with Crippen LogP contribution in [0.2, 0.25) is 0 Å². The molecule has 0 saturated heterocycles. The van der Waals surface area contributed by atoms with Crippen LogP contribution < -0.4 is 9.62 Å². The highest BCUT2D eigenvalue weighted by Crippen LogP contribution is 2.26. The zero-order valence-electron chi connectivity index (χ0n) is 21.4. The maximum absolute atomic E-state index is 13.8. The van der Waals surface area contributed by atoms with Gasteiger partial charge >= 0.3 is 0 Å². The zero-order valence-corrected chi connectivity index (χ0v) is 23.8. The van der Waals surface area contributed by atoms with Gasteiger partial charge in [-0.15, -0.1) is 0 Å². The van der Waals surface area contributed by atoms with Crippen LogP contribution in [0.3, 0.4) is 0 Å². The highest BCUT2D eigenvalue weighted by molar-refractivity contribution is 9.10. The van der Waals surface area contributed by atoms with Crippen molar-refractivity contribution < 1.29 is 18.0 Å². The number of hydrogen-bond acceptors (Lipinski definition) is 4. The van der Waals surface area contributed by atoms with E-state index in [1.54, 1.807) is 49.4 Å². The van der Waals surface area contributed by atoms with Gasteiger partial charge < -0.3 is 10.2 Å². The Balaban J connectivity index is 2.00. The molecule has 0 heterocycles. The van der Waals surface area contributed by atoms with Crippen molar-refractivity contribution in [1.29, 1.82) is 0 Å². The number of anilines is 1. The van der Waals surface area contributed by atoms with E-state index in [9.17, 15) is 18.0 Å². The van der Waals surface area contributed by atoms with Gasteiger partial charge in [-0.05, 0) is 69.7 Å². The highest BCUT2D eigenvalue weighted by Gasteiger charge is 2.32. The van der Waals surface area contributed by atoms with Crippen LogP contribution in [0, 0.1) is 6.92 Å². The van der Waals surface area contributed by atoms with Crippen molar-refractivity contribution in [2.45, 2.75) is 51.2 Å². The predicted molar refractivity (Wildman–Crippen MR) is 150 cm³/mol. The van der Waals surface area contributed by atoms with Crippen molar-refractivity contribution in [3.63, 3.8) is 0 Å². The molecule has 1 N–H and O–H groups in total. The molecule has 0 bridgehead atoms. The van der Waals surface area contributed by atoms with Crippen LogP contribution in [0.25, 0.3) is 0 Å². The molecule has 9 heteroatoms. The summed E-state index contributed by atoms with van der Waals surface area (Å²) in [5.41, 5.74) is 2.25. The lowest BCUT2D eigenvalue weighted by molar-refractivity contribution is -0.139. The molecular formula is C28H32BrN3O4S. The first-order chi connectivity index (χ1) is 17.5. The fraction of sp³-hybridized carbons (Fsp3) is 0.286. The highest BCUT2D eigenvalue weighted by atomic mass is 79.9. The Kier molecular flexibility index (Phi) is 9.50. The summed E-state index contributed by atoms with van der Waals surface area (Å²) in [6, 6.07) is 21.4. The van der Waals surface area contributed by atoms with Gasteiger partial charge in [0.2, 0.25) is 11.8 Å². The Hall–Kier alpha value is -3.17. The smallest absolute Gasteiger partial charge is 0.264 e. The summed E-state index contributed by atoms with van der Waals surface area (Å²) in [5, 5.41) is 2.85. The van der Waals surface area contributed by atoms with Crippen LogP contribution in [-0.2, 0) is 26.2 Å². The van der Waals surface area contributed by atoms with E-state index in [2.05, 4.69) is 21.2 Å². The molecule has 0 spiro atoms. The standard InChI is InChI=1S/C28H32BrN3O4S/c1-20(2)30-28(34)22(4)31(18-23-12-10-21(3)11-13-23)27(33)19-32(25-16-14-24(29)15-17-25)37(35,36)26-8-6-5-7-9-26/h5-17,20,22H,18-19H2,1-4H3,(H,30,34)/t22-/m0/s1. The molecule has 0 unspecified atom stereocenters. The summed E-state index contributed by atoms with van der Waals surface area (Å²) in [6.45, 7) is 7.00. The number of hydrogen-bond donors (Lipinski definition) is 1. The quantitative estimate of drug-likeness (QED) is 0.367. The third-order valence-corrected chi connectivity index (χ3v) is 8.11. The molecule has 7 nitrogen and oxygen atoms in total. The van der Waals surface area contributed by atoms with Crippen molar-refractivity contribution in [3.05, 3.63) is 94.5 Å². The lowest BCUT2D eigenvalue weighted by atomic mass is 10.1. The Morgan fingerprint density at radius 1 is 0.892 bits per heavy atom. The molecule has 0 saturated carbocycles. The molecule has 3 rings (SSSR count). The summed E-state index contributed by atoms with van der Waals surface area (Å²) in [6.07, 6.45) is 0. The van der Waals surface area contributed by atoms with Crippen molar-refractivity contribution >= 4 is 43.5 Å². The Bertz CT molecular complexity index is 1310. The molecule has 0 radical (unpaired) electrons. The monoisotopic (exact) mass is 585 g/mol. The van der Waals surface area contributed by atoms with Crippen molar-refractivity contribution in [1.82, 2.24) is 10.2 Å². The Morgan fingerprint density at radius 3 is 2.05 bits per heavy atom. The van der Waals surface area contributed by atoms with Gasteiger partial charge in [-0.3, -0.25) is 13.9 Å². The first-order valence-corrected chi connectivity index (χ1v) is 14.2. The van der Waals surface area contributed by atoms with Gasteiger partial charge in [0, 0.05) is 17.1 Å². The molecule has 0 fully saturated rings. The Labute approximate surface area is 227 Å². The molecule has 0 aliphatic rings. The van der Waals surface area contributed by atoms with Crippen LogP contribution in [0.4, 0.5) is 5.69 Å². The number of sulfonamides is 1. The number of carbonyl (C=O) groups excluding carboxylic acids is 2. The van der Waals surface area contributed by atoms with Gasteiger partial charge in [-0.2, -0.15) is 0 Å². The topological polar surface area (TPSA) is 86.8 Å². The minimum atomic E-state index is -4.07. The van der Waals surface area contributed by atoms with Crippen molar-refractivity contribution in [3.8, 4) is 0 Å². The maximum atomic E-state index is 13.8. The van der Waals surface area contributed by atoms with Gasteiger partial charge in [0.1, 0.15) is 12.6 Å². The summed E-state index contributed by atoms with van der Waals surface area (Å²) in [7, 11) is -4.07. The minimum absolute atomic E-state index is 0.0707. The van der Waals surface area contributed by atoms with E-state index in [4.69, 9.17) is 0 Å². The summed E-state index contributed by atoms with van der Waals surface area (Å²) >= 11 is 3.37. The number of rotatable bonds is 10. The summed E-state index contributed by atoms with van der Waals surface area (Å²) in [4.78, 5) is 28.2. The number of nitrogens with zero attached hydrogens (tertiary/aromatic N) is 2. The molecule has 1 atom stereocenters. The van der Waals surface area contributed by atoms with Crippen LogP contribution in [0.1, 0.15) is 31.9 Å². The Morgan fingerprint density at radius 2 is 1.49 bits per heavy atom. The second-order valence-corrected chi connectivity index (χ2v) is 11.9. The summed E-state index contributed by atoms with van der Waals surface area (Å²) in [5.74, 6) is -0.800. The summed E-state index contributed by atoms with van der Waals surface area (Å²) < 4.78 is 29.2. The first-order valence-electron chi connectivity index (χ1n) is 12.0. The normalized spacial score (nSPS) is 12.2. The lowest BCUT2D eigenvalue weighted by Crippen LogP contribution is -2.52. The van der Waals surface area contributed by atoms with Crippen molar-refractivity contribution in [2.24, 2.45) is 0 Å². The maximum Gasteiger partial charge on any atom is 0.264 e. The zero-order chi connectivity index (χ0) is 27.2. The van der Waals surface area contributed by atoms with E-state index in [0.717, 1.165) is 19.9 Å². The van der Waals surface area contributed by atoms with Gasteiger partial charge in [0.25, 0.3) is 10.0 Å². The molecule has 37 heavy (non-hydrogen) atoms. The number of halogens is 1. The van der Waals surface area contributed by atoms with Crippen LogP contribution >= 0.6 is 15.9 Å². The third kappa shape index (κ3) is 7.42. The molecule has 3 aromatic rings. The van der Waals surface area contributed by atoms with Gasteiger partial charge in [-0.1, -0.05) is 64.0 Å². The van der Waals surface area contributed by atoms with Crippen molar-refractivity contribution in [2.75, 3.05) is 10.8 Å². The second-order valence-electron chi connectivity index (χ2n) is 9.15. The molecule has 196 valence electrons.